The van der Waals surface area contributed by atoms with Crippen LogP contribution >= 0.6 is 0 Å². The largest absolute Gasteiger partial charge is 0.418 e. The van der Waals surface area contributed by atoms with E-state index < -0.39 is 17.8 Å². The number of rotatable bonds is 3. The SMILES string of the molecule is FC(F)(F)[C@@]1(c2ccccc2)[C@H](c2ccccc2)N1c1ccccc1. The lowest BCUT2D eigenvalue weighted by Gasteiger charge is -2.22. The van der Waals surface area contributed by atoms with Crippen LogP contribution in [0.3, 0.4) is 0 Å². The van der Waals surface area contributed by atoms with Crippen molar-refractivity contribution in [1.82, 2.24) is 0 Å². The first kappa shape index (κ1) is 15.8. The maximum atomic E-state index is 14.4. The number of alkyl halides is 3. The summed E-state index contributed by atoms with van der Waals surface area (Å²) in [6, 6.07) is 25.1. The Labute approximate surface area is 144 Å². The van der Waals surface area contributed by atoms with Crippen molar-refractivity contribution in [2.24, 2.45) is 0 Å². The van der Waals surface area contributed by atoms with E-state index in [4.69, 9.17) is 0 Å². The van der Waals surface area contributed by atoms with E-state index in [1.54, 1.807) is 78.9 Å². The molecule has 3 aromatic rings. The molecular weight excluding hydrogens is 323 g/mol. The van der Waals surface area contributed by atoms with Crippen LogP contribution in [-0.4, -0.2) is 6.18 Å². The van der Waals surface area contributed by atoms with Crippen molar-refractivity contribution in [3.8, 4) is 0 Å². The number of hydrogen-bond donors (Lipinski definition) is 0. The van der Waals surface area contributed by atoms with Gasteiger partial charge in [0.15, 0.2) is 5.54 Å². The molecule has 0 unspecified atom stereocenters. The highest BCUT2D eigenvalue weighted by Gasteiger charge is 2.78. The minimum Gasteiger partial charge on any atom is -0.341 e. The molecule has 0 amide bonds. The summed E-state index contributed by atoms with van der Waals surface area (Å²) in [5.74, 6) is 0. The monoisotopic (exact) mass is 339 g/mol. The fraction of sp³-hybridized carbons (Fsp3) is 0.143. The minimum absolute atomic E-state index is 0.264. The van der Waals surface area contributed by atoms with Gasteiger partial charge in [-0.2, -0.15) is 13.2 Å². The zero-order valence-corrected chi connectivity index (χ0v) is 13.3. The fourth-order valence-corrected chi connectivity index (χ4v) is 3.70. The number of nitrogens with zero attached hydrogens (tertiary/aromatic N) is 1. The quantitative estimate of drug-likeness (QED) is 0.553. The van der Waals surface area contributed by atoms with E-state index in [2.05, 4.69) is 0 Å². The summed E-state index contributed by atoms with van der Waals surface area (Å²) >= 11 is 0. The third-order valence-electron chi connectivity index (χ3n) is 4.76. The highest BCUT2D eigenvalue weighted by atomic mass is 19.4. The van der Waals surface area contributed by atoms with E-state index >= 15 is 0 Å². The van der Waals surface area contributed by atoms with Crippen molar-refractivity contribution < 1.29 is 13.2 Å². The van der Waals surface area contributed by atoms with Crippen LogP contribution in [0.2, 0.25) is 0 Å². The van der Waals surface area contributed by atoms with Gasteiger partial charge in [0.1, 0.15) is 0 Å². The molecule has 126 valence electrons. The molecule has 0 radical (unpaired) electrons. The number of hydrogen-bond acceptors (Lipinski definition) is 1. The van der Waals surface area contributed by atoms with E-state index in [-0.39, 0.29) is 5.56 Å². The van der Waals surface area contributed by atoms with Crippen molar-refractivity contribution in [2.45, 2.75) is 17.8 Å². The van der Waals surface area contributed by atoms with Gasteiger partial charge in [0.2, 0.25) is 0 Å². The first-order valence-electron chi connectivity index (χ1n) is 8.08. The van der Waals surface area contributed by atoms with E-state index in [1.807, 2.05) is 12.1 Å². The Kier molecular flexibility index (Phi) is 3.57. The van der Waals surface area contributed by atoms with Crippen molar-refractivity contribution in [3.05, 3.63) is 102 Å². The zero-order valence-electron chi connectivity index (χ0n) is 13.3. The number of benzene rings is 3. The molecule has 1 heterocycles. The molecule has 4 rings (SSSR count). The molecule has 1 aliphatic rings. The van der Waals surface area contributed by atoms with Gasteiger partial charge in [-0.05, 0) is 23.3 Å². The summed E-state index contributed by atoms with van der Waals surface area (Å²) in [6.07, 6.45) is -4.41. The van der Waals surface area contributed by atoms with Gasteiger partial charge in [0.05, 0.1) is 6.04 Å². The van der Waals surface area contributed by atoms with Gasteiger partial charge in [-0.15, -0.1) is 0 Å². The molecule has 1 nitrogen and oxygen atoms in total. The second-order valence-electron chi connectivity index (χ2n) is 6.15. The summed E-state index contributed by atoms with van der Waals surface area (Å²) in [5, 5.41) is 0. The average Bonchev–Trinajstić information content (AvgIpc) is 3.36. The molecule has 3 aromatic carbocycles. The fourth-order valence-electron chi connectivity index (χ4n) is 3.70. The minimum atomic E-state index is -4.41. The van der Waals surface area contributed by atoms with Crippen LogP contribution in [0.25, 0.3) is 0 Å². The highest BCUT2D eigenvalue weighted by Crippen LogP contribution is 2.68. The maximum absolute atomic E-state index is 14.4. The molecule has 2 atom stereocenters. The lowest BCUT2D eigenvalue weighted by atomic mass is 9.91. The van der Waals surface area contributed by atoms with Crippen LogP contribution in [0.5, 0.6) is 0 Å². The molecule has 25 heavy (non-hydrogen) atoms. The first-order valence-corrected chi connectivity index (χ1v) is 8.08. The van der Waals surface area contributed by atoms with Gasteiger partial charge < -0.3 is 4.90 Å². The Balaban J connectivity index is 1.94. The summed E-state index contributed by atoms with van der Waals surface area (Å²) in [4.78, 5) is 1.47. The lowest BCUT2D eigenvalue weighted by molar-refractivity contribution is -0.161. The highest BCUT2D eigenvalue weighted by molar-refractivity contribution is 5.67. The van der Waals surface area contributed by atoms with Crippen LogP contribution < -0.4 is 4.90 Å². The molecule has 0 N–H and O–H groups in total. The van der Waals surface area contributed by atoms with Crippen LogP contribution in [0.1, 0.15) is 17.2 Å². The second kappa shape index (κ2) is 5.66. The van der Waals surface area contributed by atoms with Gasteiger partial charge >= 0.3 is 6.18 Å². The lowest BCUT2D eigenvalue weighted by Crippen LogP contribution is -2.35. The Bertz CT molecular complexity index is 799. The molecule has 0 aromatic heterocycles. The smallest absolute Gasteiger partial charge is 0.341 e. The Morgan fingerprint density at radius 1 is 0.680 bits per heavy atom. The maximum Gasteiger partial charge on any atom is 0.418 e. The number of anilines is 1. The average molecular weight is 339 g/mol. The van der Waals surface area contributed by atoms with Gasteiger partial charge in [0, 0.05) is 5.69 Å². The Hall–Kier alpha value is -2.75. The van der Waals surface area contributed by atoms with Gasteiger partial charge in [-0.1, -0.05) is 78.9 Å². The number of para-hydroxylation sites is 1. The van der Waals surface area contributed by atoms with Crippen LogP contribution in [-0.2, 0) is 5.54 Å². The van der Waals surface area contributed by atoms with Crippen molar-refractivity contribution in [3.63, 3.8) is 0 Å². The molecule has 0 saturated carbocycles. The Morgan fingerprint density at radius 2 is 1.16 bits per heavy atom. The van der Waals surface area contributed by atoms with Gasteiger partial charge in [-0.3, -0.25) is 0 Å². The molecule has 1 saturated heterocycles. The topological polar surface area (TPSA) is 3.01 Å². The molecule has 4 heteroatoms. The van der Waals surface area contributed by atoms with Crippen molar-refractivity contribution in [2.75, 3.05) is 4.90 Å². The molecule has 0 spiro atoms. The number of halogens is 3. The van der Waals surface area contributed by atoms with Crippen LogP contribution in [0.15, 0.2) is 91.0 Å². The summed E-state index contributed by atoms with van der Waals surface area (Å²) in [7, 11) is 0. The third kappa shape index (κ3) is 2.32. The normalized spacial score (nSPS) is 22.7. The van der Waals surface area contributed by atoms with Gasteiger partial charge in [0.25, 0.3) is 0 Å². The van der Waals surface area contributed by atoms with E-state index in [1.165, 1.54) is 4.90 Å². The van der Waals surface area contributed by atoms with Crippen LogP contribution in [0, 0.1) is 0 Å². The molecule has 1 aliphatic heterocycles. The third-order valence-corrected chi connectivity index (χ3v) is 4.76. The first-order chi connectivity index (χ1) is 12.1. The van der Waals surface area contributed by atoms with Crippen molar-refractivity contribution in [1.29, 1.82) is 0 Å². The van der Waals surface area contributed by atoms with Gasteiger partial charge in [-0.25, -0.2) is 0 Å². The van der Waals surface area contributed by atoms with Crippen LogP contribution in [0.4, 0.5) is 18.9 Å². The second-order valence-corrected chi connectivity index (χ2v) is 6.15. The summed E-state index contributed by atoms with van der Waals surface area (Å²) < 4.78 is 43.2. The zero-order chi connectivity index (χ0) is 17.5. The molecule has 1 fully saturated rings. The molecular formula is C21H16F3N. The molecule has 0 bridgehead atoms. The standard InChI is InChI=1S/C21H16F3N/c22-21(23,24)20(17-12-6-2-7-13-17)19(16-10-4-1-5-11-16)25(20)18-14-8-3-9-15-18/h1-15,19H/t19-,20+,25?/m0/s1. The summed E-state index contributed by atoms with van der Waals surface area (Å²) in [5.41, 5.74) is -0.554. The molecule has 0 aliphatic carbocycles. The van der Waals surface area contributed by atoms with E-state index in [0.29, 0.717) is 11.3 Å². The Morgan fingerprint density at radius 3 is 1.68 bits per heavy atom. The van der Waals surface area contributed by atoms with E-state index in [9.17, 15) is 13.2 Å². The predicted molar refractivity (Wildman–Crippen MR) is 92.3 cm³/mol. The summed E-state index contributed by atoms with van der Waals surface area (Å²) in [6.45, 7) is 0. The predicted octanol–water partition coefficient (Wildman–Crippen LogP) is 5.71. The van der Waals surface area contributed by atoms with E-state index in [0.717, 1.165) is 0 Å². The van der Waals surface area contributed by atoms with Crippen molar-refractivity contribution >= 4 is 5.69 Å².